The zero-order valence-corrected chi connectivity index (χ0v) is 19.5. The van der Waals surface area contributed by atoms with Gasteiger partial charge in [-0.25, -0.2) is 0 Å². The number of halogens is 3. The molecule has 0 saturated heterocycles. The van der Waals surface area contributed by atoms with Crippen LogP contribution in [0.2, 0.25) is 10.0 Å². The first-order chi connectivity index (χ1) is 13.0. The van der Waals surface area contributed by atoms with E-state index in [0.29, 0.717) is 34.7 Å². The molecule has 0 radical (unpaired) electrons. The Morgan fingerprint density at radius 1 is 1.25 bits per heavy atom. The summed E-state index contributed by atoms with van der Waals surface area (Å²) in [5.74, 6) is 0.476. The third kappa shape index (κ3) is 7.81. The number of benzene rings is 1. The van der Waals surface area contributed by atoms with Gasteiger partial charge in [0, 0.05) is 35.5 Å². The highest BCUT2D eigenvalue weighted by Gasteiger charge is 2.12. The molecule has 1 unspecified atom stereocenters. The SMILES string of the molecule is CCNC(=NCCNC(=O)c1cccnc1)NC(C)c1ccc(Cl)cc1Cl.I. The molecule has 0 fully saturated rings. The maximum absolute atomic E-state index is 12.0. The third-order valence-corrected chi connectivity index (χ3v) is 4.28. The summed E-state index contributed by atoms with van der Waals surface area (Å²) in [5.41, 5.74) is 1.45. The number of guanidine groups is 1. The van der Waals surface area contributed by atoms with Gasteiger partial charge in [-0.15, -0.1) is 24.0 Å². The van der Waals surface area contributed by atoms with E-state index in [4.69, 9.17) is 23.2 Å². The molecule has 1 aromatic heterocycles. The van der Waals surface area contributed by atoms with Crippen molar-refractivity contribution >= 4 is 59.0 Å². The highest BCUT2D eigenvalue weighted by Crippen LogP contribution is 2.25. The van der Waals surface area contributed by atoms with Gasteiger partial charge in [0.2, 0.25) is 0 Å². The fraction of sp³-hybridized carbons (Fsp3) is 0.316. The van der Waals surface area contributed by atoms with Crippen LogP contribution in [0.4, 0.5) is 0 Å². The number of pyridine rings is 1. The van der Waals surface area contributed by atoms with Crippen molar-refractivity contribution in [2.75, 3.05) is 19.6 Å². The van der Waals surface area contributed by atoms with Crippen LogP contribution in [0.1, 0.15) is 35.8 Å². The Bertz CT molecular complexity index is 789. The van der Waals surface area contributed by atoms with Crippen molar-refractivity contribution in [3.63, 3.8) is 0 Å². The van der Waals surface area contributed by atoms with Crippen LogP contribution in [0, 0.1) is 0 Å². The number of aliphatic imine (C=N–C) groups is 1. The molecule has 1 aromatic carbocycles. The van der Waals surface area contributed by atoms with E-state index in [1.54, 1.807) is 30.5 Å². The Kier molecular flexibility index (Phi) is 11.2. The maximum atomic E-state index is 12.0. The molecule has 2 rings (SSSR count). The van der Waals surface area contributed by atoms with E-state index < -0.39 is 0 Å². The Hall–Kier alpha value is -1.58. The zero-order chi connectivity index (χ0) is 19.6. The van der Waals surface area contributed by atoms with Gasteiger partial charge in [0.15, 0.2) is 5.96 Å². The lowest BCUT2D eigenvalue weighted by atomic mass is 10.1. The summed E-state index contributed by atoms with van der Waals surface area (Å²) in [6.45, 7) is 5.55. The van der Waals surface area contributed by atoms with Gasteiger partial charge < -0.3 is 16.0 Å². The number of hydrogen-bond acceptors (Lipinski definition) is 3. The summed E-state index contributed by atoms with van der Waals surface area (Å²) in [4.78, 5) is 20.4. The zero-order valence-electron chi connectivity index (χ0n) is 15.7. The predicted octanol–water partition coefficient (Wildman–Crippen LogP) is 4.05. The van der Waals surface area contributed by atoms with Gasteiger partial charge in [0.05, 0.1) is 18.2 Å². The van der Waals surface area contributed by atoms with E-state index in [9.17, 15) is 4.79 Å². The van der Waals surface area contributed by atoms with Gasteiger partial charge in [0.1, 0.15) is 0 Å². The molecule has 3 N–H and O–H groups in total. The molecule has 1 atom stereocenters. The van der Waals surface area contributed by atoms with Gasteiger partial charge in [-0.05, 0) is 43.7 Å². The average Bonchev–Trinajstić information content (AvgIpc) is 2.65. The smallest absolute Gasteiger partial charge is 0.252 e. The summed E-state index contributed by atoms with van der Waals surface area (Å²) >= 11 is 12.2. The molecular weight excluding hydrogens is 512 g/mol. The van der Waals surface area contributed by atoms with Crippen LogP contribution in [-0.2, 0) is 0 Å². The Morgan fingerprint density at radius 3 is 2.68 bits per heavy atom. The lowest BCUT2D eigenvalue weighted by Gasteiger charge is -2.19. The van der Waals surface area contributed by atoms with Crippen LogP contribution < -0.4 is 16.0 Å². The number of carbonyl (C=O) groups is 1. The van der Waals surface area contributed by atoms with Crippen LogP contribution in [0.15, 0.2) is 47.7 Å². The second-order valence-corrected chi connectivity index (χ2v) is 6.63. The fourth-order valence-corrected chi connectivity index (χ4v) is 2.96. The minimum Gasteiger partial charge on any atom is -0.357 e. The second-order valence-electron chi connectivity index (χ2n) is 5.79. The minimum absolute atomic E-state index is 0. The lowest BCUT2D eigenvalue weighted by molar-refractivity contribution is 0.0954. The predicted molar refractivity (Wildman–Crippen MR) is 126 cm³/mol. The summed E-state index contributed by atoms with van der Waals surface area (Å²) < 4.78 is 0. The largest absolute Gasteiger partial charge is 0.357 e. The maximum Gasteiger partial charge on any atom is 0.252 e. The average molecular weight is 536 g/mol. The van der Waals surface area contributed by atoms with Crippen molar-refractivity contribution in [2.24, 2.45) is 4.99 Å². The summed E-state index contributed by atoms with van der Waals surface area (Å²) in [7, 11) is 0. The van der Waals surface area contributed by atoms with E-state index in [0.717, 1.165) is 12.1 Å². The molecule has 2 aromatic rings. The van der Waals surface area contributed by atoms with Crippen LogP contribution in [0.5, 0.6) is 0 Å². The Balaban J connectivity index is 0.00000392. The molecule has 0 aliphatic carbocycles. The number of aromatic nitrogens is 1. The van der Waals surface area contributed by atoms with Gasteiger partial charge in [0.25, 0.3) is 5.91 Å². The van der Waals surface area contributed by atoms with Gasteiger partial charge >= 0.3 is 0 Å². The first kappa shape index (κ1) is 24.5. The van der Waals surface area contributed by atoms with Crippen LogP contribution in [0.25, 0.3) is 0 Å². The number of rotatable bonds is 7. The lowest BCUT2D eigenvalue weighted by Crippen LogP contribution is -2.39. The molecule has 0 spiro atoms. The molecule has 28 heavy (non-hydrogen) atoms. The van der Waals surface area contributed by atoms with E-state index in [1.807, 2.05) is 19.9 Å². The molecule has 0 aliphatic rings. The number of amides is 1. The topological polar surface area (TPSA) is 78.4 Å². The van der Waals surface area contributed by atoms with Crippen molar-refractivity contribution in [3.05, 3.63) is 63.9 Å². The molecule has 1 amide bonds. The number of hydrogen-bond donors (Lipinski definition) is 3. The molecule has 152 valence electrons. The highest BCUT2D eigenvalue weighted by molar-refractivity contribution is 14.0. The van der Waals surface area contributed by atoms with Crippen LogP contribution in [0.3, 0.4) is 0 Å². The number of nitrogens with zero attached hydrogens (tertiary/aromatic N) is 2. The minimum atomic E-state index is -0.169. The number of nitrogens with one attached hydrogen (secondary N) is 3. The molecule has 0 bridgehead atoms. The molecule has 1 heterocycles. The van der Waals surface area contributed by atoms with Crippen LogP contribution >= 0.6 is 47.2 Å². The summed E-state index contributed by atoms with van der Waals surface area (Å²) in [6.07, 6.45) is 3.16. The molecule has 6 nitrogen and oxygen atoms in total. The van der Waals surface area contributed by atoms with E-state index in [1.165, 1.54) is 6.20 Å². The fourth-order valence-electron chi connectivity index (χ4n) is 2.39. The number of carbonyl (C=O) groups excluding carboxylic acids is 1. The molecule has 0 aliphatic heterocycles. The van der Waals surface area contributed by atoms with E-state index in [-0.39, 0.29) is 35.9 Å². The van der Waals surface area contributed by atoms with Crippen molar-refractivity contribution < 1.29 is 4.79 Å². The van der Waals surface area contributed by atoms with E-state index >= 15 is 0 Å². The van der Waals surface area contributed by atoms with Crippen molar-refractivity contribution in [1.82, 2.24) is 20.9 Å². The first-order valence-electron chi connectivity index (χ1n) is 8.69. The van der Waals surface area contributed by atoms with Gasteiger partial charge in [-0.2, -0.15) is 0 Å². The monoisotopic (exact) mass is 535 g/mol. The molecule has 0 saturated carbocycles. The van der Waals surface area contributed by atoms with Crippen molar-refractivity contribution in [1.29, 1.82) is 0 Å². The Morgan fingerprint density at radius 2 is 2.04 bits per heavy atom. The summed E-state index contributed by atoms with van der Waals surface area (Å²) in [5, 5.41) is 10.5. The molecule has 9 heteroatoms. The normalized spacial score (nSPS) is 11.9. The first-order valence-corrected chi connectivity index (χ1v) is 9.45. The van der Waals surface area contributed by atoms with Gasteiger partial charge in [-0.3, -0.25) is 14.8 Å². The van der Waals surface area contributed by atoms with Crippen molar-refractivity contribution in [2.45, 2.75) is 19.9 Å². The van der Waals surface area contributed by atoms with E-state index in [2.05, 4.69) is 25.9 Å². The molecular formula is C19H24Cl2IN5O. The second kappa shape index (κ2) is 12.8. The third-order valence-electron chi connectivity index (χ3n) is 3.72. The Labute approximate surface area is 192 Å². The van der Waals surface area contributed by atoms with Crippen LogP contribution in [-0.4, -0.2) is 36.5 Å². The standard InChI is InChI=1S/C19H23Cl2N5O.HI/c1-3-23-19(26-13(2)16-7-6-15(20)11-17(16)21)25-10-9-24-18(27)14-5-4-8-22-12-14;/h4-8,11-13H,3,9-10H2,1-2H3,(H,24,27)(H2,23,25,26);1H. The highest BCUT2D eigenvalue weighted by atomic mass is 127. The summed E-state index contributed by atoms with van der Waals surface area (Å²) in [6, 6.07) is 8.80. The van der Waals surface area contributed by atoms with Crippen molar-refractivity contribution in [3.8, 4) is 0 Å². The van der Waals surface area contributed by atoms with Gasteiger partial charge in [-0.1, -0.05) is 29.3 Å². The quantitative estimate of drug-likeness (QED) is 0.216.